The zero-order chi connectivity index (χ0) is 9.97. The second-order valence-electron chi connectivity index (χ2n) is 3.33. The van der Waals surface area contributed by atoms with Crippen molar-refractivity contribution < 1.29 is 9.84 Å². The summed E-state index contributed by atoms with van der Waals surface area (Å²) in [4.78, 5) is 0. The maximum atomic E-state index is 9.61. The molecule has 72 valence electrons. The van der Waals surface area contributed by atoms with Crippen molar-refractivity contribution in [1.29, 1.82) is 5.26 Å². The lowest BCUT2D eigenvalue weighted by Crippen LogP contribution is -1.97. The number of ether oxygens (including phenoxy) is 1. The number of nitriles is 1. The highest BCUT2D eigenvalue weighted by Gasteiger charge is 2.22. The van der Waals surface area contributed by atoms with E-state index in [0.717, 1.165) is 29.7 Å². The summed E-state index contributed by atoms with van der Waals surface area (Å²) >= 11 is 0. The third kappa shape index (κ3) is 1.45. The fourth-order valence-electron chi connectivity index (χ4n) is 1.84. The number of hydrogen-bond acceptors (Lipinski definition) is 3. The standard InChI is InChI=1S/C11H11NO2/c12-6-7-14-11-3-1-2-8-9(11)4-5-10(8)13/h1-3,10,13H,4-5,7H2. The summed E-state index contributed by atoms with van der Waals surface area (Å²) in [5, 5.41) is 18.0. The Morgan fingerprint density at radius 2 is 2.43 bits per heavy atom. The van der Waals surface area contributed by atoms with Crippen LogP contribution >= 0.6 is 0 Å². The van der Waals surface area contributed by atoms with Crippen LogP contribution < -0.4 is 4.74 Å². The van der Waals surface area contributed by atoms with E-state index >= 15 is 0 Å². The lowest BCUT2D eigenvalue weighted by molar-refractivity contribution is 0.180. The molecule has 2 rings (SSSR count). The van der Waals surface area contributed by atoms with E-state index in [0.29, 0.717) is 0 Å². The zero-order valence-corrected chi connectivity index (χ0v) is 7.73. The van der Waals surface area contributed by atoms with Crippen LogP contribution in [0.5, 0.6) is 5.75 Å². The molecule has 0 aromatic heterocycles. The summed E-state index contributed by atoms with van der Waals surface area (Å²) in [6.45, 7) is 0.0621. The van der Waals surface area contributed by atoms with Gasteiger partial charge in [-0.25, -0.2) is 0 Å². The first kappa shape index (κ1) is 9.04. The molecule has 0 fully saturated rings. The SMILES string of the molecule is N#CCOc1cccc2c1CCC2O. The van der Waals surface area contributed by atoms with Crippen LogP contribution in [0.25, 0.3) is 0 Å². The number of aliphatic hydroxyl groups is 1. The Morgan fingerprint density at radius 3 is 3.21 bits per heavy atom. The van der Waals surface area contributed by atoms with Gasteiger partial charge in [0.05, 0.1) is 6.10 Å². The highest BCUT2D eigenvalue weighted by molar-refractivity contribution is 5.44. The number of fused-ring (bicyclic) bond motifs is 1. The first-order valence-electron chi connectivity index (χ1n) is 4.62. The predicted octanol–water partition coefficient (Wildman–Crippen LogP) is 1.57. The fourth-order valence-corrected chi connectivity index (χ4v) is 1.84. The molecule has 1 atom stereocenters. The molecule has 1 aliphatic carbocycles. The molecule has 0 saturated heterocycles. The van der Waals surface area contributed by atoms with E-state index in [1.54, 1.807) is 0 Å². The summed E-state index contributed by atoms with van der Waals surface area (Å²) in [7, 11) is 0. The first-order chi connectivity index (χ1) is 6.83. The third-order valence-electron chi connectivity index (χ3n) is 2.49. The Balaban J connectivity index is 2.30. The summed E-state index contributed by atoms with van der Waals surface area (Å²) in [6, 6.07) is 7.53. The molecule has 0 radical (unpaired) electrons. The van der Waals surface area contributed by atoms with Crippen LogP contribution in [0.2, 0.25) is 0 Å². The Bertz CT molecular complexity index is 381. The van der Waals surface area contributed by atoms with Gasteiger partial charge in [0, 0.05) is 5.56 Å². The summed E-state index contributed by atoms with van der Waals surface area (Å²) in [5.74, 6) is 0.737. The maximum absolute atomic E-state index is 9.61. The molecule has 1 aromatic carbocycles. The summed E-state index contributed by atoms with van der Waals surface area (Å²) in [5.41, 5.74) is 2.00. The van der Waals surface area contributed by atoms with Gasteiger partial charge in [-0.15, -0.1) is 0 Å². The second-order valence-corrected chi connectivity index (χ2v) is 3.33. The van der Waals surface area contributed by atoms with Crippen molar-refractivity contribution in [2.75, 3.05) is 6.61 Å². The average Bonchev–Trinajstić information content (AvgIpc) is 2.58. The van der Waals surface area contributed by atoms with Gasteiger partial charge in [-0.1, -0.05) is 12.1 Å². The largest absolute Gasteiger partial charge is 0.478 e. The van der Waals surface area contributed by atoms with Gasteiger partial charge < -0.3 is 9.84 Å². The van der Waals surface area contributed by atoms with E-state index in [-0.39, 0.29) is 12.7 Å². The number of hydrogen-bond donors (Lipinski definition) is 1. The molecule has 1 aromatic rings. The monoisotopic (exact) mass is 189 g/mol. The molecule has 0 heterocycles. The van der Waals surface area contributed by atoms with Crippen LogP contribution in [0.3, 0.4) is 0 Å². The Morgan fingerprint density at radius 1 is 1.57 bits per heavy atom. The van der Waals surface area contributed by atoms with Gasteiger partial charge in [0.15, 0.2) is 6.61 Å². The fraction of sp³-hybridized carbons (Fsp3) is 0.364. The van der Waals surface area contributed by atoms with Crippen molar-refractivity contribution in [1.82, 2.24) is 0 Å². The van der Waals surface area contributed by atoms with Crippen LogP contribution in [0, 0.1) is 11.3 Å². The van der Waals surface area contributed by atoms with E-state index in [4.69, 9.17) is 10.00 Å². The van der Waals surface area contributed by atoms with Gasteiger partial charge in [-0.2, -0.15) is 5.26 Å². The lowest BCUT2D eigenvalue weighted by Gasteiger charge is -2.08. The molecule has 0 spiro atoms. The molecule has 0 bridgehead atoms. The van der Waals surface area contributed by atoms with E-state index in [1.165, 1.54) is 0 Å². The highest BCUT2D eigenvalue weighted by atomic mass is 16.5. The molecule has 3 nitrogen and oxygen atoms in total. The number of aliphatic hydroxyl groups excluding tert-OH is 1. The van der Waals surface area contributed by atoms with Crippen molar-refractivity contribution in [3.63, 3.8) is 0 Å². The molecular weight excluding hydrogens is 178 g/mol. The van der Waals surface area contributed by atoms with Crippen LogP contribution in [-0.4, -0.2) is 11.7 Å². The van der Waals surface area contributed by atoms with Crippen molar-refractivity contribution in [2.24, 2.45) is 0 Å². The molecule has 1 N–H and O–H groups in total. The van der Waals surface area contributed by atoms with E-state index in [9.17, 15) is 5.11 Å². The van der Waals surface area contributed by atoms with Crippen LogP contribution in [0.4, 0.5) is 0 Å². The first-order valence-corrected chi connectivity index (χ1v) is 4.62. The number of nitrogens with zero attached hydrogens (tertiary/aromatic N) is 1. The highest BCUT2D eigenvalue weighted by Crippen LogP contribution is 2.36. The van der Waals surface area contributed by atoms with Gasteiger partial charge >= 0.3 is 0 Å². The average molecular weight is 189 g/mol. The minimum absolute atomic E-state index is 0.0621. The summed E-state index contributed by atoms with van der Waals surface area (Å²) < 4.78 is 5.27. The normalized spacial score (nSPS) is 18.7. The molecule has 0 aliphatic heterocycles. The Labute approximate surface area is 82.6 Å². The lowest BCUT2D eigenvalue weighted by atomic mass is 10.1. The summed E-state index contributed by atoms with van der Waals surface area (Å²) in [6.07, 6.45) is 1.22. The van der Waals surface area contributed by atoms with Crippen molar-refractivity contribution in [2.45, 2.75) is 18.9 Å². The van der Waals surface area contributed by atoms with Crippen molar-refractivity contribution >= 4 is 0 Å². The van der Waals surface area contributed by atoms with Gasteiger partial charge in [0.2, 0.25) is 0 Å². The minimum Gasteiger partial charge on any atom is -0.478 e. The van der Waals surface area contributed by atoms with Crippen LogP contribution in [0.1, 0.15) is 23.7 Å². The molecule has 0 amide bonds. The van der Waals surface area contributed by atoms with Gasteiger partial charge in [-0.3, -0.25) is 0 Å². The predicted molar refractivity (Wildman–Crippen MR) is 50.8 cm³/mol. The third-order valence-corrected chi connectivity index (χ3v) is 2.49. The maximum Gasteiger partial charge on any atom is 0.174 e. The molecular formula is C11H11NO2. The van der Waals surface area contributed by atoms with Crippen molar-refractivity contribution in [3.8, 4) is 11.8 Å². The van der Waals surface area contributed by atoms with Crippen LogP contribution in [-0.2, 0) is 6.42 Å². The van der Waals surface area contributed by atoms with Crippen molar-refractivity contribution in [3.05, 3.63) is 29.3 Å². The Hall–Kier alpha value is -1.53. The molecule has 1 unspecified atom stereocenters. The number of rotatable bonds is 2. The quantitative estimate of drug-likeness (QED) is 0.768. The Kier molecular flexibility index (Phi) is 2.38. The second kappa shape index (κ2) is 3.69. The molecule has 3 heteroatoms. The molecule has 14 heavy (non-hydrogen) atoms. The van der Waals surface area contributed by atoms with E-state index in [2.05, 4.69) is 0 Å². The number of benzene rings is 1. The van der Waals surface area contributed by atoms with Gasteiger partial charge in [0.25, 0.3) is 0 Å². The van der Waals surface area contributed by atoms with Gasteiger partial charge in [0.1, 0.15) is 11.8 Å². The van der Waals surface area contributed by atoms with E-state index < -0.39 is 0 Å². The molecule has 1 aliphatic rings. The zero-order valence-electron chi connectivity index (χ0n) is 7.73. The van der Waals surface area contributed by atoms with Crippen LogP contribution in [0.15, 0.2) is 18.2 Å². The minimum atomic E-state index is -0.365. The smallest absolute Gasteiger partial charge is 0.174 e. The van der Waals surface area contributed by atoms with Gasteiger partial charge in [-0.05, 0) is 24.5 Å². The molecule has 0 saturated carbocycles. The van der Waals surface area contributed by atoms with E-state index in [1.807, 2.05) is 24.3 Å². The topological polar surface area (TPSA) is 53.2 Å².